The van der Waals surface area contributed by atoms with Gasteiger partial charge in [0.2, 0.25) is 5.91 Å². The summed E-state index contributed by atoms with van der Waals surface area (Å²) in [4.78, 5) is 13.3. The Labute approximate surface area is 124 Å². The van der Waals surface area contributed by atoms with E-state index in [2.05, 4.69) is 11.4 Å². The molecular weight excluding hydrogens is 266 g/mol. The lowest BCUT2D eigenvalue weighted by Crippen LogP contribution is -2.14. The molecule has 1 amide bonds. The summed E-state index contributed by atoms with van der Waals surface area (Å²) < 4.78 is 0. The van der Waals surface area contributed by atoms with E-state index in [1.807, 2.05) is 56.5 Å². The number of anilines is 1. The van der Waals surface area contributed by atoms with Crippen molar-refractivity contribution in [2.24, 2.45) is 0 Å². The van der Waals surface area contributed by atoms with Crippen LogP contribution in [-0.2, 0) is 11.2 Å². The zero-order valence-corrected chi connectivity index (χ0v) is 12.9. The van der Waals surface area contributed by atoms with Gasteiger partial charge in [-0.1, -0.05) is 18.2 Å². The molecule has 0 aliphatic rings. The molecule has 0 aliphatic heterocycles. The summed E-state index contributed by atoms with van der Waals surface area (Å²) in [5.41, 5.74) is 4.21. The van der Waals surface area contributed by atoms with Crippen LogP contribution in [0.15, 0.2) is 47.4 Å². The van der Waals surface area contributed by atoms with Crippen LogP contribution in [0.5, 0.6) is 0 Å². The summed E-state index contributed by atoms with van der Waals surface area (Å²) in [7, 11) is 0. The fraction of sp³-hybridized carbons (Fsp3) is 0.235. The fourth-order valence-corrected chi connectivity index (χ4v) is 2.59. The molecule has 0 bridgehead atoms. The van der Waals surface area contributed by atoms with Crippen molar-refractivity contribution in [2.45, 2.75) is 25.2 Å². The first kappa shape index (κ1) is 14.7. The molecule has 0 saturated heterocycles. The second-order valence-electron chi connectivity index (χ2n) is 4.95. The van der Waals surface area contributed by atoms with Gasteiger partial charge in [0.1, 0.15) is 0 Å². The zero-order valence-electron chi connectivity index (χ0n) is 12.1. The van der Waals surface area contributed by atoms with E-state index in [0.717, 1.165) is 22.4 Å². The minimum absolute atomic E-state index is 0.0203. The standard InChI is InChI=1S/C17H19NOS/c1-12-8-13(2)10-15(9-12)18-17(19)11-14-4-6-16(20-3)7-5-14/h4-10H,11H2,1-3H3,(H,18,19). The van der Waals surface area contributed by atoms with Gasteiger partial charge < -0.3 is 5.32 Å². The number of hydrogen-bond donors (Lipinski definition) is 1. The van der Waals surface area contributed by atoms with Crippen LogP contribution in [0, 0.1) is 13.8 Å². The first-order valence-electron chi connectivity index (χ1n) is 6.58. The molecule has 0 heterocycles. The molecule has 0 saturated carbocycles. The van der Waals surface area contributed by atoms with Gasteiger partial charge in [-0.15, -0.1) is 11.8 Å². The highest BCUT2D eigenvalue weighted by Gasteiger charge is 2.05. The highest BCUT2D eigenvalue weighted by atomic mass is 32.2. The number of carbonyl (C=O) groups is 1. The van der Waals surface area contributed by atoms with E-state index < -0.39 is 0 Å². The monoisotopic (exact) mass is 285 g/mol. The topological polar surface area (TPSA) is 29.1 Å². The zero-order chi connectivity index (χ0) is 14.5. The maximum atomic E-state index is 12.0. The smallest absolute Gasteiger partial charge is 0.228 e. The van der Waals surface area contributed by atoms with Gasteiger partial charge in [-0.3, -0.25) is 4.79 Å². The van der Waals surface area contributed by atoms with Gasteiger partial charge >= 0.3 is 0 Å². The van der Waals surface area contributed by atoms with Crippen LogP contribution in [0.3, 0.4) is 0 Å². The lowest BCUT2D eigenvalue weighted by molar-refractivity contribution is -0.115. The number of thioether (sulfide) groups is 1. The van der Waals surface area contributed by atoms with Crippen molar-refractivity contribution in [1.82, 2.24) is 0 Å². The molecule has 0 aliphatic carbocycles. The van der Waals surface area contributed by atoms with E-state index >= 15 is 0 Å². The van der Waals surface area contributed by atoms with Crippen LogP contribution < -0.4 is 5.32 Å². The van der Waals surface area contributed by atoms with Crippen molar-refractivity contribution in [2.75, 3.05) is 11.6 Å². The lowest BCUT2D eigenvalue weighted by Gasteiger charge is -2.08. The Bertz CT molecular complexity index is 585. The van der Waals surface area contributed by atoms with Gasteiger partial charge in [0.15, 0.2) is 0 Å². The van der Waals surface area contributed by atoms with Crippen molar-refractivity contribution < 1.29 is 4.79 Å². The number of benzene rings is 2. The summed E-state index contributed by atoms with van der Waals surface area (Å²) in [6, 6.07) is 14.2. The van der Waals surface area contributed by atoms with Crippen LogP contribution >= 0.6 is 11.8 Å². The van der Waals surface area contributed by atoms with E-state index in [9.17, 15) is 4.79 Å². The minimum Gasteiger partial charge on any atom is -0.326 e. The largest absolute Gasteiger partial charge is 0.326 e. The molecule has 0 fully saturated rings. The first-order valence-corrected chi connectivity index (χ1v) is 7.80. The fourth-order valence-electron chi connectivity index (χ4n) is 2.18. The molecule has 20 heavy (non-hydrogen) atoms. The van der Waals surface area contributed by atoms with E-state index in [1.165, 1.54) is 4.90 Å². The Morgan fingerprint density at radius 1 is 1.05 bits per heavy atom. The summed E-state index contributed by atoms with van der Waals surface area (Å²) in [5.74, 6) is 0.0203. The third-order valence-electron chi connectivity index (χ3n) is 3.03. The van der Waals surface area contributed by atoms with Crippen LogP contribution in [0.2, 0.25) is 0 Å². The Morgan fingerprint density at radius 3 is 2.20 bits per heavy atom. The number of hydrogen-bond acceptors (Lipinski definition) is 2. The third kappa shape index (κ3) is 4.14. The second kappa shape index (κ2) is 6.62. The number of carbonyl (C=O) groups excluding carboxylic acids is 1. The van der Waals surface area contributed by atoms with Crippen LogP contribution in [-0.4, -0.2) is 12.2 Å². The molecule has 0 radical (unpaired) electrons. The predicted octanol–water partition coefficient (Wildman–Crippen LogP) is 4.21. The number of amides is 1. The molecule has 0 unspecified atom stereocenters. The second-order valence-corrected chi connectivity index (χ2v) is 5.83. The molecule has 0 spiro atoms. The van der Waals surface area contributed by atoms with Gasteiger partial charge in [0.05, 0.1) is 6.42 Å². The molecule has 2 nitrogen and oxygen atoms in total. The van der Waals surface area contributed by atoms with Gasteiger partial charge in [-0.2, -0.15) is 0 Å². The minimum atomic E-state index is 0.0203. The Kier molecular flexibility index (Phi) is 4.85. The van der Waals surface area contributed by atoms with Crippen molar-refractivity contribution in [3.63, 3.8) is 0 Å². The van der Waals surface area contributed by atoms with Crippen molar-refractivity contribution in [3.8, 4) is 0 Å². The van der Waals surface area contributed by atoms with Gasteiger partial charge in [0, 0.05) is 10.6 Å². The molecule has 2 aromatic rings. The van der Waals surface area contributed by atoms with Crippen molar-refractivity contribution in [1.29, 1.82) is 0 Å². The van der Waals surface area contributed by atoms with Crippen molar-refractivity contribution >= 4 is 23.4 Å². The molecule has 104 valence electrons. The van der Waals surface area contributed by atoms with Crippen LogP contribution in [0.1, 0.15) is 16.7 Å². The van der Waals surface area contributed by atoms with E-state index in [-0.39, 0.29) is 5.91 Å². The average Bonchev–Trinajstić information content (AvgIpc) is 2.38. The normalized spacial score (nSPS) is 10.3. The molecule has 2 rings (SSSR count). The average molecular weight is 285 g/mol. The Balaban J connectivity index is 2.01. The maximum absolute atomic E-state index is 12.0. The third-order valence-corrected chi connectivity index (χ3v) is 3.77. The highest BCUT2D eigenvalue weighted by Crippen LogP contribution is 2.16. The number of rotatable bonds is 4. The predicted molar refractivity (Wildman–Crippen MR) is 86.5 cm³/mol. The summed E-state index contributed by atoms with van der Waals surface area (Å²) in [6.07, 6.45) is 2.45. The van der Waals surface area contributed by atoms with E-state index in [1.54, 1.807) is 11.8 Å². The lowest BCUT2D eigenvalue weighted by atomic mass is 10.1. The molecule has 2 aromatic carbocycles. The molecule has 3 heteroatoms. The van der Waals surface area contributed by atoms with E-state index in [0.29, 0.717) is 6.42 Å². The Morgan fingerprint density at radius 2 is 1.65 bits per heavy atom. The van der Waals surface area contributed by atoms with Gasteiger partial charge in [0.25, 0.3) is 0 Å². The van der Waals surface area contributed by atoms with E-state index in [4.69, 9.17) is 0 Å². The summed E-state index contributed by atoms with van der Waals surface area (Å²) in [6.45, 7) is 4.06. The van der Waals surface area contributed by atoms with Crippen molar-refractivity contribution in [3.05, 3.63) is 59.2 Å². The summed E-state index contributed by atoms with van der Waals surface area (Å²) in [5, 5.41) is 2.96. The number of nitrogens with one attached hydrogen (secondary N) is 1. The molecule has 0 atom stereocenters. The quantitative estimate of drug-likeness (QED) is 0.853. The first-order chi connectivity index (χ1) is 9.56. The van der Waals surface area contributed by atoms with Crippen LogP contribution in [0.25, 0.3) is 0 Å². The molecule has 0 aromatic heterocycles. The van der Waals surface area contributed by atoms with Crippen LogP contribution in [0.4, 0.5) is 5.69 Å². The number of aryl methyl sites for hydroxylation is 2. The van der Waals surface area contributed by atoms with Gasteiger partial charge in [-0.05, 0) is 61.1 Å². The SMILES string of the molecule is CSc1ccc(CC(=O)Nc2cc(C)cc(C)c2)cc1. The highest BCUT2D eigenvalue weighted by molar-refractivity contribution is 7.98. The maximum Gasteiger partial charge on any atom is 0.228 e. The molecular formula is C17H19NOS. The Hall–Kier alpha value is -1.74. The molecule has 1 N–H and O–H groups in total. The summed E-state index contributed by atoms with van der Waals surface area (Å²) >= 11 is 1.70. The van der Waals surface area contributed by atoms with Gasteiger partial charge in [-0.25, -0.2) is 0 Å².